The highest BCUT2D eigenvalue weighted by atomic mass is 32.2. The lowest BCUT2D eigenvalue weighted by Crippen LogP contribution is -2.58. The van der Waals surface area contributed by atoms with Crippen molar-refractivity contribution in [2.75, 3.05) is 13.7 Å². The Labute approximate surface area is 320 Å². The third kappa shape index (κ3) is 8.41. The summed E-state index contributed by atoms with van der Waals surface area (Å²) >= 11 is 0. The summed E-state index contributed by atoms with van der Waals surface area (Å²) in [7, 11) is -2.32. The van der Waals surface area contributed by atoms with E-state index in [9.17, 15) is 27.6 Å². The number of nitrogens with one attached hydrogen (secondary N) is 3. The van der Waals surface area contributed by atoms with Crippen LogP contribution in [0.3, 0.4) is 0 Å². The van der Waals surface area contributed by atoms with Crippen molar-refractivity contribution in [1.29, 1.82) is 0 Å². The molecule has 4 amide bonds. The molecule has 0 bridgehead atoms. The van der Waals surface area contributed by atoms with Gasteiger partial charge in [0.25, 0.3) is 5.91 Å². The second-order valence-electron chi connectivity index (χ2n) is 15.7. The minimum absolute atomic E-state index is 0.0129. The van der Waals surface area contributed by atoms with Gasteiger partial charge in [-0.15, -0.1) is 0 Å². The first kappa shape index (κ1) is 38.1. The van der Waals surface area contributed by atoms with Crippen molar-refractivity contribution in [2.45, 2.75) is 100 Å². The zero-order valence-corrected chi connectivity index (χ0v) is 32.2. The molecule has 0 spiro atoms. The van der Waals surface area contributed by atoms with E-state index < -0.39 is 74.3 Å². The molecule has 55 heavy (non-hydrogen) atoms. The number of ether oxygens (including phenoxy) is 3. The van der Waals surface area contributed by atoms with E-state index in [4.69, 9.17) is 19.2 Å². The maximum Gasteiger partial charge on any atom is 0.408 e. The molecule has 3 fully saturated rings. The average Bonchev–Trinajstić information content (AvgIpc) is 4.06. The molecule has 3 heterocycles. The number of methoxy groups -OCH3 is 1. The number of sulfonamides is 1. The Bertz CT molecular complexity index is 2130. The quantitative estimate of drug-likeness (QED) is 0.278. The van der Waals surface area contributed by atoms with Crippen molar-refractivity contribution < 1.29 is 41.8 Å². The summed E-state index contributed by atoms with van der Waals surface area (Å²) in [5.74, 6) is -1.28. The Kier molecular flexibility index (Phi) is 10.3. The Morgan fingerprint density at radius 1 is 1.04 bits per heavy atom. The average molecular weight is 774 g/mol. The van der Waals surface area contributed by atoms with E-state index in [-0.39, 0.29) is 25.8 Å². The van der Waals surface area contributed by atoms with E-state index in [0.29, 0.717) is 53.8 Å². The summed E-state index contributed by atoms with van der Waals surface area (Å²) in [4.78, 5) is 61.8. The van der Waals surface area contributed by atoms with Gasteiger partial charge in [0.1, 0.15) is 40.8 Å². The Hall–Kier alpha value is -5.18. The number of alkyl carbamates (subject to hydrolysis) is 1. The first-order chi connectivity index (χ1) is 26.2. The lowest BCUT2D eigenvalue weighted by atomic mass is 10.1. The van der Waals surface area contributed by atoms with Crippen molar-refractivity contribution in [3.05, 3.63) is 66.7 Å². The van der Waals surface area contributed by atoms with Crippen molar-refractivity contribution in [3.8, 4) is 22.8 Å². The predicted octanol–water partition coefficient (Wildman–Crippen LogP) is 4.38. The standard InChI is InChI=1S/C40H47N5O9S/c1-39(2,3)54-38(49)42-30-14-10-6-9-13-25-22-40(25,37(48)44-55(50,51)28-16-17-28)43-35(46)33-20-27(23-45(33)36(30)47)53-34-21-31(24-11-7-5-8-12-24)41-32-19-26(52-4)15-18-29(32)34/h5,7-9,11-13,15,18-19,21,25,27-28,30,33H,6,10,14,16-17,20,22-23H2,1-4H3,(H,42,49)(H,43,46)(H,44,48)/b13-9+/t25-,27-,30+,33+,40-/m1/s1. The molecule has 5 atom stereocenters. The van der Waals surface area contributed by atoms with E-state index >= 15 is 0 Å². The Morgan fingerprint density at radius 3 is 2.51 bits per heavy atom. The SMILES string of the molecule is COc1ccc2c(O[C@@H]3C[C@H]4C(=O)N[C@]5(C(=O)NS(=O)(=O)C6CC6)C[C@H]5/C=C/CCC[C@H](NC(=O)OC(C)(C)C)C(=O)N4C3)cc(-c3ccccc3)nc2c1. The fourth-order valence-corrected chi connectivity index (χ4v) is 8.65. The Morgan fingerprint density at radius 2 is 1.80 bits per heavy atom. The van der Waals surface area contributed by atoms with E-state index in [0.717, 1.165) is 5.56 Å². The van der Waals surface area contributed by atoms with Crippen LogP contribution in [0.25, 0.3) is 22.2 Å². The molecule has 0 unspecified atom stereocenters. The van der Waals surface area contributed by atoms with Gasteiger partial charge in [0, 0.05) is 35.4 Å². The normalized spacial score (nSPS) is 26.2. The molecule has 2 aliphatic carbocycles. The lowest BCUT2D eigenvalue weighted by molar-refractivity contribution is -0.141. The molecule has 2 aliphatic heterocycles. The van der Waals surface area contributed by atoms with E-state index in [2.05, 4.69) is 15.4 Å². The summed E-state index contributed by atoms with van der Waals surface area (Å²) < 4.78 is 45.5. The van der Waals surface area contributed by atoms with Gasteiger partial charge < -0.3 is 29.7 Å². The number of hydrogen-bond acceptors (Lipinski definition) is 10. The molecule has 14 nitrogen and oxygen atoms in total. The molecule has 2 saturated carbocycles. The maximum absolute atomic E-state index is 14.5. The molecule has 7 rings (SSSR count). The first-order valence-electron chi connectivity index (χ1n) is 18.7. The number of pyridine rings is 1. The Balaban J connectivity index is 1.22. The maximum atomic E-state index is 14.5. The number of hydrogen-bond donors (Lipinski definition) is 3. The number of allylic oxidation sites excluding steroid dienone is 1. The molecule has 4 aliphatic rings. The molecule has 2 aromatic carbocycles. The highest BCUT2D eigenvalue weighted by molar-refractivity contribution is 7.91. The molecule has 1 saturated heterocycles. The summed E-state index contributed by atoms with van der Waals surface area (Å²) in [5.41, 5.74) is -0.192. The van der Waals surface area contributed by atoms with Gasteiger partial charge in [0.15, 0.2) is 0 Å². The van der Waals surface area contributed by atoms with Gasteiger partial charge in [-0.2, -0.15) is 0 Å². The lowest BCUT2D eigenvalue weighted by Gasteiger charge is -2.30. The first-order valence-corrected chi connectivity index (χ1v) is 20.3. The molecule has 3 N–H and O–H groups in total. The minimum Gasteiger partial charge on any atom is -0.497 e. The van der Waals surface area contributed by atoms with Crippen LogP contribution in [0.5, 0.6) is 11.5 Å². The number of aromatic nitrogens is 1. The molecule has 1 aromatic heterocycles. The van der Waals surface area contributed by atoms with Gasteiger partial charge in [-0.1, -0.05) is 42.5 Å². The van der Waals surface area contributed by atoms with Gasteiger partial charge in [-0.05, 0) is 71.4 Å². The number of nitrogens with zero attached hydrogens (tertiary/aromatic N) is 2. The zero-order chi connectivity index (χ0) is 39.1. The van der Waals surface area contributed by atoms with Crippen LogP contribution in [-0.2, 0) is 29.1 Å². The van der Waals surface area contributed by atoms with Crippen LogP contribution in [-0.4, -0.2) is 90.3 Å². The van der Waals surface area contributed by atoms with Crippen molar-refractivity contribution >= 4 is 44.7 Å². The summed E-state index contributed by atoms with van der Waals surface area (Å²) in [6.45, 7) is 5.16. The van der Waals surface area contributed by atoms with Crippen LogP contribution < -0.4 is 24.8 Å². The monoisotopic (exact) mass is 773 g/mol. The molecular weight excluding hydrogens is 727 g/mol. The van der Waals surface area contributed by atoms with E-state index in [1.54, 1.807) is 40.0 Å². The third-order valence-electron chi connectivity index (χ3n) is 10.4. The van der Waals surface area contributed by atoms with Crippen LogP contribution in [0.2, 0.25) is 0 Å². The predicted molar refractivity (Wildman–Crippen MR) is 203 cm³/mol. The zero-order valence-electron chi connectivity index (χ0n) is 31.4. The second kappa shape index (κ2) is 14.8. The highest BCUT2D eigenvalue weighted by Gasteiger charge is 2.62. The minimum atomic E-state index is -3.89. The molecule has 3 aromatic rings. The smallest absolute Gasteiger partial charge is 0.408 e. The fraction of sp³-hybridized carbons (Fsp3) is 0.475. The number of carbonyl (C=O) groups is 4. The van der Waals surface area contributed by atoms with Gasteiger partial charge >= 0.3 is 6.09 Å². The number of amides is 4. The van der Waals surface area contributed by atoms with Crippen LogP contribution in [0.4, 0.5) is 4.79 Å². The van der Waals surface area contributed by atoms with E-state index in [1.807, 2.05) is 54.6 Å². The largest absolute Gasteiger partial charge is 0.497 e. The van der Waals surface area contributed by atoms with E-state index in [1.165, 1.54) is 4.90 Å². The van der Waals surface area contributed by atoms with Crippen molar-refractivity contribution in [1.82, 2.24) is 25.2 Å². The van der Waals surface area contributed by atoms with Crippen LogP contribution in [0, 0.1) is 5.92 Å². The van der Waals surface area contributed by atoms with Crippen LogP contribution in [0.15, 0.2) is 66.7 Å². The number of benzene rings is 2. The van der Waals surface area contributed by atoms with Crippen molar-refractivity contribution in [3.63, 3.8) is 0 Å². The molecular formula is C40H47N5O9S. The van der Waals surface area contributed by atoms with Crippen LogP contribution >= 0.6 is 0 Å². The van der Waals surface area contributed by atoms with Crippen molar-refractivity contribution in [2.24, 2.45) is 5.92 Å². The fourth-order valence-electron chi connectivity index (χ4n) is 7.29. The van der Waals surface area contributed by atoms with Gasteiger partial charge in [0.2, 0.25) is 21.8 Å². The summed E-state index contributed by atoms with van der Waals surface area (Å²) in [6.07, 6.45) is 4.68. The number of fused-ring (bicyclic) bond motifs is 3. The highest BCUT2D eigenvalue weighted by Crippen LogP contribution is 2.46. The molecule has 292 valence electrons. The van der Waals surface area contributed by atoms with Gasteiger partial charge in [-0.25, -0.2) is 18.2 Å². The third-order valence-corrected chi connectivity index (χ3v) is 12.2. The number of rotatable bonds is 8. The van der Waals surface area contributed by atoms with Crippen LogP contribution in [0.1, 0.15) is 65.7 Å². The second-order valence-corrected chi connectivity index (χ2v) is 17.7. The topological polar surface area (TPSA) is 182 Å². The summed E-state index contributed by atoms with van der Waals surface area (Å²) in [5, 5.41) is 5.66. The van der Waals surface area contributed by atoms with Gasteiger partial charge in [-0.3, -0.25) is 19.1 Å². The molecule has 15 heteroatoms. The number of carbonyl (C=O) groups excluding carboxylic acids is 4. The van der Waals surface area contributed by atoms with Gasteiger partial charge in [0.05, 0.1) is 30.1 Å². The molecule has 0 radical (unpaired) electrons. The summed E-state index contributed by atoms with van der Waals surface area (Å²) in [6, 6.07) is 14.7.